The van der Waals surface area contributed by atoms with Gasteiger partial charge in [0.05, 0.1) is 5.52 Å². The van der Waals surface area contributed by atoms with Gasteiger partial charge in [0.15, 0.2) is 5.82 Å². The molecule has 0 saturated heterocycles. The second-order valence-electron chi connectivity index (χ2n) is 5.48. The number of aromatic nitrogens is 3. The van der Waals surface area contributed by atoms with E-state index in [1.54, 1.807) is 6.20 Å². The number of nitrogens with zero attached hydrogens (tertiary/aromatic N) is 2. The second-order valence-corrected chi connectivity index (χ2v) is 6.36. The van der Waals surface area contributed by atoms with Crippen LogP contribution >= 0.6 is 11.3 Å². The Morgan fingerprint density at radius 2 is 2.10 bits per heavy atom. The summed E-state index contributed by atoms with van der Waals surface area (Å²) in [5.74, 6) is 1.12. The van der Waals surface area contributed by atoms with Crippen molar-refractivity contribution in [3.63, 3.8) is 0 Å². The molecule has 5 heteroatoms. The van der Waals surface area contributed by atoms with Crippen molar-refractivity contribution in [2.75, 3.05) is 0 Å². The normalized spacial score (nSPS) is 15.8. The average molecular weight is 297 g/mol. The summed E-state index contributed by atoms with van der Waals surface area (Å²) in [4.78, 5) is 24.1. The molecule has 4 nitrogen and oxygen atoms in total. The van der Waals surface area contributed by atoms with Crippen LogP contribution in [-0.4, -0.2) is 15.0 Å². The Morgan fingerprint density at radius 3 is 2.86 bits per heavy atom. The van der Waals surface area contributed by atoms with Crippen LogP contribution in [0, 0.1) is 0 Å². The molecular formula is C16H15N3OS. The van der Waals surface area contributed by atoms with Gasteiger partial charge >= 0.3 is 0 Å². The van der Waals surface area contributed by atoms with Gasteiger partial charge in [0.25, 0.3) is 5.56 Å². The number of thiophene rings is 1. The maximum absolute atomic E-state index is 12.3. The Bertz CT molecular complexity index is 832. The zero-order valence-corrected chi connectivity index (χ0v) is 12.3. The zero-order chi connectivity index (χ0) is 14.2. The van der Waals surface area contributed by atoms with E-state index in [9.17, 15) is 4.79 Å². The van der Waals surface area contributed by atoms with Crippen molar-refractivity contribution in [3.8, 4) is 11.5 Å². The molecule has 0 bridgehead atoms. The lowest BCUT2D eigenvalue weighted by molar-refractivity contribution is 0.730. The summed E-state index contributed by atoms with van der Waals surface area (Å²) in [6.45, 7) is 0. The third-order valence-corrected chi connectivity index (χ3v) is 5.14. The Labute approximate surface area is 125 Å². The molecule has 0 aromatic carbocycles. The van der Waals surface area contributed by atoms with Crippen LogP contribution in [0.15, 0.2) is 34.6 Å². The van der Waals surface area contributed by atoms with Gasteiger partial charge in [-0.15, -0.1) is 11.3 Å². The number of hydrogen-bond donors (Lipinski definition) is 1. The molecule has 3 aromatic rings. The average Bonchev–Trinajstić information content (AvgIpc) is 3.16. The molecule has 21 heavy (non-hydrogen) atoms. The molecule has 106 valence electrons. The van der Waals surface area contributed by atoms with Gasteiger partial charge in [0, 0.05) is 6.20 Å². The van der Waals surface area contributed by atoms with E-state index in [0.29, 0.717) is 17.4 Å². The molecular weight excluding hydrogens is 282 g/mol. The van der Waals surface area contributed by atoms with Crippen molar-refractivity contribution >= 4 is 21.6 Å². The number of pyridine rings is 1. The summed E-state index contributed by atoms with van der Waals surface area (Å²) in [5, 5.41) is 2.12. The monoisotopic (exact) mass is 297 g/mol. The Hall–Kier alpha value is -2.01. The first-order chi connectivity index (χ1) is 10.3. The van der Waals surface area contributed by atoms with Gasteiger partial charge in [-0.3, -0.25) is 9.78 Å². The van der Waals surface area contributed by atoms with Crippen molar-refractivity contribution in [3.05, 3.63) is 45.7 Å². The topological polar surface area (TPSA) is 58.6 Å². The predicted molar refractivity (Wildman–Crippen MR) is 84.7 cm³/mol. The van der Waals surface area contributed by atoms with Gasteiger partial charge < -0.3 is 4.98 Å². The number of fused-ring (bicyclic) bond motifs is 1. The first-order valence-electron chi connectivity index (χ1n) is 7.26. The van der Waals surface area contributed by atoms with Gasteiger partial charge in [-0.2, -0.15) is 0 Å². The molecule has 0 unspecified atom stereocenters. The number of aromatic amines is 1. The molecule has 3 aromatic heterocycles. The van der Waals surface area contributed by atoms with Gasteiger partial charge in [-0.1, -0.05) is 18.9 Å². The smallest absolute Gasteiger partial charge is 0.269 e. The van der Waals surface area contributed by atoms with Crippen molar-refractivity contribution in [2.24, 2.45) is 0 Å². The van der Waals surface area contributed by atoms with E-state index < -0.39 is 0 Å². The van der Waals surface area contributed by atoms with E-state index in [4.69, 9.17) is 4.98 Å². The van der Waals surface area contributed by atoms with E-state index in [2.05, 4.69) is 15.3 Å². The molecule has 1 N–H and O–H groups in total. The number of hydrogen-bond acceptors (Lipinski definition) is 4. The van der Waals surface area contributed by atoms with E-state index in [0.717, 1.165) is 10.2 Å². The minimum Gasteiger partial charge on any atom is -0.304 e. The van der Waals surface area contributed by atoms with E-state index >= 15 is 0 Å². The molecule has 1 saturated carbocycles. The number of rotatable bonds is 2. The van der Waals surface area contributed by atoms with Gasteiger partial charge in [0.2, 0.25) is 0 Å². The van der Waals surface area contributed by atoms with Crippen LogP contribution in [0.25, 0.3) is 21.7 Å². The van der Waals surface area contributed by atoms with Crippen molar-refractivity contribution < 1.29 is 0 Å². The molecule has 4 rings (SSSR count). The van der Waals surface area contributed by atoms with Crippen LogP contribution in [-0.2, 0) is 0 Å². The quantitative estimate of drug-likeness (QED) is 0.784. The molecule has 1 aliphatic carbocycles. The lowest BCUT2D eigenvalue weighted by Gasteiger charge is -2.07. The maximum atomic E-state index is 12.3. The second kappa shape index (κ2) is 5.07. The Balaban J connectivity index is 1.91. The largest absolute Gasteiger partial charge is 0.304 e. The number of nitrogens with one attached hydrogen (secondary N) is 1. The van der Waals surface area contributed by atoms with Crippen LogP contribution in [0.4, 0.5) is 0 Å². The maximum Gasteiger partial charge on any atom is 0.269 e. The summed E-state index contributed by atoms with van der Waals surface area (Å²) >= 11 is 1.50. The first kappa shape index (κ1) is 12.7. The summed E-state index contributed by atoms with van der Waals surface area (Å²) in [5.41, 5.74) is 2.77. The Morgan fingerprint density at radius 1 is 1.24 bits per heavy atom. The molecule has 1 aliphatic rings. The van der Waals surface area contributed by atoms with Crippen molar-refractivity contribution in [2.45, 2.75) is 31.6 Å². The molecule has 0 aliphatic heterocycles. The van der Waals surface area contributed by atoms with Crippen LogP contribution in [0.3, 0.4) is 0 Å². The third-order valence-electron chi connectivity index (χ3n) is 4.16. The summed E-state index contributed by atoms with van der Waals surface area (Å²) in [6, 6.07) is 5.62. The minimum absolute atomic E-state index is 0.0603. The van der Waals surface area contributed by atoms with E-state index in [1.165, 1.54) is 42.6 Å². The van der Waals surface area contributed by atoms with Crippen LogP contribution in [0.2, 0.25) is 0 Å². The van der Waals surface area contributed by atoms with Crippen LogP contribution in [0.1, 0.15) is 37.2 Å². The lowest BCUT2D eigenvalue weighted by Crippen LogP contribution is -2.09. The fourth-order valence-electron chi connectivity index (χ4n) is 3.10. The molecule has 1 fully saturated rings. The standard InChI is InChI=1S/C16H15N3OS/c20-16-14-13(11(9-21-14)10-5-1-2-6-10)18-15(19-16)12-7-3-4-8-17-12/h3-4,7-10H,1-2,5-6H2,(H,18,19,20). The SMILES string of the molecule is O=c1[nH]c(-c2ccccn2)nc2c(C3CCCC3)csc12. The highest BCUT2D eigenvalue weighted by Crippen LogP contribution is 2.38. The highest BCUT2D eigenvalue weighted by molar-refractivity contribution is 7.17. The zero-order valence-electron chi connectivity index (χ0n) is 11.5. The molecule has 0 atom stereocenters. The third kappa shape index (κ3) is 2.17. The summed E-state index contributed by atoms with van der Waals surface area (Å²) < 4.78 is 0.733. The molecule has 0 radical (unpaired) electrons. The lowest BCUT2D eigenvalue weighted by atomic mass is 10.00. The van der Waals surface area contributed by atoms with Crippen molar-refractivity contribution in [1.29, 1.82) is 0 Å². The number of H-pyrrole nitrogens is 1. The van der Waals surface area contributed by atoms with Crippen LogP contribution in [0.5, 0.6) is 0 Å². The van der Waals surface area contributed by atoms with Gasteiger partial charge in [-0.05, 0) is 41.8 Å². The summed E-state index contributed by atoms with van der Waals surface area (Å²) in [6.07, 6.45) is 6.68. The fourth-order valence-corrected chi connectivity index (χ4v) is 4.08. The van der Waals surface area contributed by atoms with E-state index in [1.807, 2.05) is 18.2 Å². The van der Waals surface area contributed by atoms with Crippen LogP contribution < -0.4 is 5.56 Å². The first-order valence-corrected chi connectivity index (χ1v) is 8.14. The minimum atomic E-state index is -0.0603. The Kier molecular flexibility index (Phi) is 3.07. The molecule has 0 spiro atoms. The van der Waals surface area contributed by atoms with Crippen molar-refractivity contribution in [1.82, 2.24) is 15.0 Å². The van der Waals surface area contributed by atoms with Gasteiger partial charge in [0.1, 0.15) is 10.4 Å². The van der Waals surface area contributed by atoms with Gasteiger partial charge in [-0.25, -0.2) is 4.98 Å². The highest BCUT2D eigenvalue weighted by Gasteiger charge is 2.22. The van der Waals surface area contributed by atoms with E-state index in [-0.39, 0.29) is 5.56 Å². The summed E-state index contributed by atoms with van der Waals surface area (Å²) in [7, 11) is 0. The molecule has 3 heterocycles. The highest BCUT2D eigenvalue weighted by atomic mass is 32.1. The molecule has 0 amide bonds. The fraction of sp³-hybridized carbons (Fsp3) is 0.312. The predicted octanol–water partition coefficient (Wildman–Crippen LogP) is 3.70.